The van der Waals surface area contributed by atoms with Crippen molar-refractivity contribution in [3.05, 3.63) is 0 Å². The van der Waals surface area contributed by atoms with Gasteiger partial charge in [0.1, 0.15) is 0 Å². The second kappa shape index (κ2) is 3.56. The van der Waals surface area contributed by atoms with Crippen molar-refractivity contribution in [1.29, 1.82) is 0 Å². The van der Waals surface area contributed by atoms with Crippen LogP contribution >= 0.6 is 0 Å². The molecule has 2 heteroatoms. The van der Waals surface area contributed by atoms with E-state index >= 15 is 0 Å². The Morgan fingerprint density at radius 1 is 1.08 bits per heavy atom. The molecule has 1 aliphatic carbocycles. The first-order chi connectivity index (χ1) is 5.90. The average molecular weight is 166 g/mol. The molecule has 3 atom stereocenters. The molecule has 0 bridgehead atoms. The molecule has 67 valence electrons. The third-order valence-electron chi connectivity index (χ3n) is 3.29. The number of nitrogens with one attached hydrogen (secondary N) is 1. The number of fused-ring (bicyclic) bond motifs is 1. The molecule has 1 saturated carbocycles. The average Bonchev–Trinajstić information content (AvgIpc) is 2.17. The summed E-state index contributed by atoms with van der Waals surface area (Å²) in [5.41, 5.74) is 0. The second-order valence-electron chi connectivity index (χ2n) is 4.07. The zero-order chi connectivity index (χ0) is 8.39. The van der Waals surface area contributed by atoms with Gasteiger partial charge < -0.3 is 5.32 Å². The van der Waals surface area contributed by atoms with Crippen LogP contribution < -0.4 is 5.32 Å². The number of piperidine rings is 1. The Balaban J connectivity index is 1.93. The molecule has 1 radical (unpaired) electrons. The van der Waals surface area contributed by atoms with E-state index in [-0.39, 0.29) is 6.04 Å². The highest BCUT2D eigenvalue weighted by molar-refractivity contribution is 5.58. The Kier molecular flexibility index (Phi) is 2.45. The van der Waals surface area contributed by atoms with Crippen LogP contribution in [0.2, 0.25) is 0 Å². The number of rotatable bonds is 1. The van der Waals surface area contributed by atoms with Gasteiger partial charge in [0.2, 0.25) is 6.29 Å². The first-order valence-electron chi connectivity index (χ1n) is 5.04. The molecule has 2 nitrogen and oxygen atoms in total. The highest BCUT2D eigenvalue weighted by Gasteiger charge is 2.31. The largest absolute Gasteiger partial charge is 0.304 e. The predicted octanol–water partition coefficient (Wildman–Crippen LogP) is 1.41. The van der Waals surface area contributed by atoms with Crippen LogP contribution in [0, 0.1) is 5.92 Å². The van der Waals surface area contributed by atoms with Crippen molar-refractivity contribution >= 4 is 6.29 Å². The Hall–Kier alpha value is -0.370. The van der Waals surface area contributed by atoms with Gasteiger partial charge in [-0.25, -0.2) is 0 Å². The molecule has 0 spiro atoms. The zero-order valence-corrected chi connectivity index (χ0v) is 7.38. The van der Waals surface area contributed by atoms with Crippen LogP contribution in [-0.4, -0.2) is 18.4 Å². The summed E-state index contributed by atoms with van der Waals surface area (Å²) >= 11 is 0. The summed E-state index contributed by atoms with van der Waals surface area (Å²) in [4.78, 5) is 10.4. The van der Waals surface area contributed by atoms with Crippen LogP contribution in [0.1, 0.15) is 38.5 Å². The molecule has 1 heterocycles. The monoisotopic (exact) mass is 166 g/mol. The molecule has 3 unspecified atom stereocenters. The van der Waals surface area contributed by atoms with Crippen molar-refractivity contribution in [2.45, 2.75) is 50.6 Å². The van der Waals surface area contributed by atoms with Gasteiger partial charge in [0, 0.05) is 6.04 Å². The summed E-state index contributed by atoms with van der Waals surface area (Å²) in [5.74, 6) is 0.850. The van der Waals surface area contributed by atoms with E-state index in [2.05, 4.69) is 11.6 Å². The maximum atomic E-state index is 10.4. The number of hydrogen-bond donors (Lipinski definition) is 1. The van der Waals surface area contributed by atoms with Crippen molar-refractivity contribution in [2.24, 2.45) is 5.92 Å². The second-order valence-corrected chi connectivity index (χ2v) is 4.07. The third-order valence-corrected chi connectivity index (χ3v) is 3.29. The Bertz CT molecular complexity index is 169. The van der Waals surface area contributed by atoms with Crippen LogP contribution in [-0.2, 0) is 4.79 Å². The van der Waals surface area contributed by atoms with Crippen LogP contribution in [0.5, 0.6) is 0 Å². The van der Waals surface area contributed by atoms with Crippen LogP contribution in [0.3, 0.4) is 0 Å². The predicted molar refractivity (Wildman–Crippen MR) is 47.6 cm³/mol. The van der Waals surface area contributed by atoms with Gasteiger partial charge in [-0.1, -0.05) is 12.8 Å². The fourth-order valence-corrected chi connectivity index (χ4v) is 2.59. The molecule has 2 rings (SSSR count). The minimum atomic E-state index is 0.0318. The fraction of sp³-hybridized carbons (Fsp3) is 0.900. The number of carbonyl (C=O) groups excluding carboxylic acids is 1. The maximum absolute atomic E-state index is 10.4. The van der Waals surface area contributed by atoms with Gasteiger partial charge in [0.15, 0.2) is 0 Å². The standard InChI is InChI=1S/C10H16NO/c12-7-9-6-5-8-3-1-2-4-10(8)11-9/h8-11H,1-6H2. The van der Waals surface area contributed by atoms with E-state index in [1.54, 1.807) is 0 Å². The first kappa shape index (κ1) is 8.24. The van der Waals surface area contributed by atoms with Crippen molar-refractivity contribution in [3.8, 4) is 0 Å². The maximum Gasteiger partial charge on any atom is 0.216 e. The van der Waals surface area contributed by atoms with Crippen molar-refractivity contribution in [2.75, 3.05) is 0 Å². The highest BCUT2D eigenvalue weighted by atomic mass is 16.1. The molecular weight excluding hydrogens is 150 g/mol. The molecule has 0 aromatic carbocycles. The molecule has 2 aliphatic rings. The Labute approximate surface area is 73.7 Å². The molecule has 0 aromatic heterocycles. The van der Waals surface area contributed by atoms with E-state index in [4.69, 9.17) is 0 Å². The van der Waals surface area contributed by atoms with E-state index in [9.17, 15) is 4.79 Å². The van der Waals surface area contributed by atoms with Crippen molar-refractivity contribution < 1.29 is 4.79 Å². The third kappa shape index (κ3) is 1.53. The quantitative estimate of drug-likeness (QED) is 0.638. The summed E-state index contributed by atoms with van der Waals surface area (Å²) < 4.78 is 0. The summed E-state index contributed by atoms with van der Waals surface area (Å²) in [5, 5.41) is 3.38. The van der Waals surface area contributed by atoms with Gasteiger partial charge in [-0.15, -0.1) is 0 Å². The zero-order valence-electron chi connectivity index (χ0n) is 7.38. The fourth-order valence-electron chi connectivity index (χ4n) is 2.59. The van der Waals surface area contributed by atoms with Gasteiger partial charge in [0.25, 0.3) is 0 Å². The smallest absolute Gasteiger partial charge is 0.216 e. The lowest BCUT2D eigenvalue weighted by Crippen LogP contribution is -2.49. The Morgan fingerprint density at radius 3 is 2.75 bits per heavy atom. The van der Waals surface area contributed by atoms with E-state index in [0.29, 0.717) is 6.04 Å². The van der Waals surface area contributed by atoms with Crippen LogP contribution in [0.15, 0.2) is 0 Å². The van der Waals surface area contributed by atoms with Gasteiger partial charge in [-0.3, -0.25) is 4.79 Å². The topological polar surface area (TPSA) is 29.1 Å². The molecule has 12 heavy (non-hydrogen) atoms. The molecule has 0 aromatic rings. The first-order valence-corrected chi connectivity index (χ1v) is 5.04. The van der Waals surface area contributed by atoms with Gasteiger partial charge in [-0.05, 0) is 31.6 Å². The molecule has 2 fully saturated rings. The van der Waals surface area contributed by atoms with Crippen molar-refractivity contribution in [3.63, 3.8) is 0 Å². The molecule has 1 N–H and O–H groups in total. The Morgan fingerprint density at radius 2 is 1.92 bits per heavy atom. The molecular formula is C10H16NO. The summed E-state index contributed by atoms with van der Waals surface area (Å²) in [6, 6.07) is 0.656. The lowest BCUT2D eigenvalue weighted by Gasteiger charge is -2.38. The molecule has 1 saturated heterocycles. The lowest BCUT2D eigenvalue weighted by molar-refractivity contribution is 0.195. The van der Waals surface area contributed by atoms with Gasteiger partial charge in [0.05, 0.1) is 6.04 Å². The van der Waals surface area contributed by atoms with E-state index in [0.717, 1.165) is 12.3 Å². The lowest BCUT2D eigenvalue weighted by atomic mass is 9.78. The molecule has 0 amide bonds. The van der Waals surface area contributed by atoms with Crippen molar-refractivity contribution in [1.82, 2.24) is 5.32 Å². The summed E-state index contributed by atoms with van der Waals surface area (Å²) in [7, 11) is 0. The number of hydrogen-bond acceptors (Lipinski definition) is 2. The van der Waals surface area contributed by atoms with Crippen LogP contribution in [0.25, 0.3) is 0 Å². The highest BCUT2D eigenvalue weighted by Crippen LogP contribution is 2.31. The van der Waals surface area contributed by atoms with Crippen LogP contribution in [0.4, 0.5) is 0 Å². The summed E-state index contributed by atoms with van der Waals surface area (Å²) in [6.45, 7) is 0. The van der Waals surface area contributed by atoms with E-state index in [1.807, 2.05) is 0 Å². The summed E-state index contributed by atoms with van der Waals surface area (Å²) in [6.07, 6.45) is 9.67. The minimum Gasteiger partial charge on any atom is -0.304 e. The normalized spacial score (nSPS) is 41.8. The SMILES string of the molecule is O=[C]C1CCC2CCCCC2N1. The van der Waals surface area contributed by atoms with Gasteiger partial charge >= 0.3 is 0 Å². The van der Waals surface area contributed by atoms with E-state index in [1.165, 1.54) is 32.1 Å². The minimum absolute atomic E-state index is 0.0318. The van der Waals surface area contributed by atoms with Gasteiger partial charge in [-0.2, -0.15) is 0 Å². The molecule has 1 aliphatic heterocycles. The van der Waals surface area contributed by atoms with E-state index < -0.39 is 0 Å².